The molecule has 3 nitrogen and oxygen atoms in total. The van der Waals surface area contributed by atoms with Gasteiger partial charge in [0.05, 0.1) is 16.0 Å². The molecule has 0 radical (unpaired) electrons. The van der Waals surface area contributed by atoms with Crippen molar-refractivity contribution in [2.45, 2.75) is 25.4 Å². The number of benzene rings is 1. The van der Waals surface area contributed by atoms with Gasteiger partial charge in [-0.05, 0) is 40.9 Å². The molecule has 0 aliphatic carbocycles. The number of sulfone groups is 1. The van der Waals surface area contributed by atoms with E-state index < -0.39 is 21.5 Å². The summed E-state index contributed by atoms with van der Waals surface area (Å²) in [5.41, 5.74) is -0.0719. The van der Waals surface area contributed by atoms with Crippen molar-refractivity contribution >= 4 is 25.8 Å². The molecule has 1 aliphatic rings. The first-order valence-electron chi connectivity index (χ1n) is 5.95. The Bertz CT molecular complexity index is 577. The van der Waals surface area contributed by atoms with Crippen molar-refractivity contribution in [2.75, 3.05) is 11.5 Å². The summed E-state index contributed by atoms with van der Waals surface area (Å²) in [6.07, 6.45) is 1.29. The summed E-state index contributed by atoms with van der Waals surface area (Å²) in [5.74, 6) is -1.05. The third-order valence-corrected chi connectivity index (χ3v) is 5.60. The average molecular weight is 354 g/mol. The lowest BCUT2D eigenvalue weighted by Crippen LogP contribution is -2.40. The van der Waals surface area contributed by atoms with Crippen LogP contribution in [0, 0.1) is 11.6 Å². The van der Waals surface area contributed by atoms with Gasteiger partial charge >= 0.3 is 0 Å². The van der Waals surface area contributed by atoms with Gasteiger partial charge < -0.3 is 5.32 Å². The van der Waals surface area contributed by atoms with Crippen LogP contribution in [0.15, 0.2) is 16.6 Å². The predicted octanol–water partition coefficient (Wildman–Crippen LogP) is 2.39. The molecule has 0 amide bonds. The van der Waals surface area contributed by atoms with E-state index in [2.05, 4.69) is 21.2 Å². The van der Waals surface area contributed by atoms with E-state index in [0.29, 0.717) is 12.8 Å². The molecule has 7 heteroatoms. The van der Waals surface area contributed by atoms with Gasteiger partial charge in [0.1, 0.15) is 11.6 Å². The molecule has 1 unspecified atom stereocenters. The van der Waals surface area contributed by atoms with E-state index in [4.69, 9.17) is 0 Å². The van der Waals surface area contributed by atoms with Gasteiger partial charge in [-0.3, -0.25) is 0 Å². The summed E-state index contributed by atoms with van der Waals surface area (Å²) in [5, 5.41) is 2.92. The SMILES string of the molecule is O=S1(=O)CCCC(NCc2c(F)ccc(Br)c2F)C1. The maximum atomic E-state index is 13.7. The van der Waals surface area contributed by atoms with Crippen LogP contribution < -0.4 is 5.32 Å². The molecule has 1 aromatic rings. The maximum absolute atomic E-state index is 13.7. The van der Waals surface area contributed by atoms with Crippen molar-refractivity contribution < 1.29 is 17.2 Å². The van der Waals surface area contributed by atoms with Gasteiger partial charge in [0.2, 0.25) is 0 Å². The number of halogens is 3. The summed E-state index contributed by atoms with van der Waals surface area (Å²) in [4.78, 5) is 0. The lowest BCUT2D eigenvalue weighted by Gasteiger charge is -2.23. The van der Waals surface area contributed by atoms with Gasteiger partial charge in [-0.25, -0.2) is 17.2 Å². The Morgan fingerprint density at radius 3 is 2.79 bits per heavy atom. The first-order chi connectivity index (χ1) is 8.89. The fourth-order valence-corrected chi connectivity index (χ4v) is 4.20. The van der Waals surface area contributed by atoms with Gasteiger partial charge in [0.25, 0.3) is 0 Å². The summed E-state index contributed by atoms with van der Waals surface area (Å²) < 4.78 is 50.4. The molecule has 2 rings (SSSR count). The molecule has 1 fully saturated rings. The van der Waals surface area contributed by atoms with Crippen molar-refractivity contribution in [3.05, 3.63) is 33.8 Å². The zero-order valence-electron chi connectivity index (χ0n) is 10.1. The van der Waals surface area contributed by atoms with E-state index in [9.17, 15) is 17.2 Å². The minimum absolute atomic E-state index is 0.0166. The molecular formula is C12H14BrF2NO2S. The van der Waals surface area contributed by atoms with Crippen LogP contribution in [-0.2, 0) is 16.4 Å². The highest BCUT2D eigenvalue weighted by Gasteiger charge is 2.25. The second-order valence-corrected chi connectivity index (χ2v) is 7.74. The van der Waals surface area contributed by atoms with E-state index in [1.54, 1.807) is 0 Å². The lowest BCUT2D eigenvalue weighted by atomic mass is 10.1. The smallest absolute Gasteiger partial charge is 0.151 e. The van der Waals surface area contributed by atoms with Crippen LogP contribution in [0.1, 0.15) is 18.4 Å². The standard InChI is InChI=1S/C12H14BrF2NO2S/c13-10-3-4-11(14)9(12(10)15)6-16-8-2-1-5-19(17,18)7-8/h3-4,8,16H,1-2,5-7H2. The fourth-order valence-electron chi connectivity index (χ4n) is 2.16. The Morgan fingerprint density at radius 1 is 1.37 bits per heavy atom. The first-order valence-corrected chi connectivity index (χ1v) is 8.56. The molecular weight excluding hydrogens is 340 g/mol. The number of rotatable bonds is 3. The quantitative estimate of drug-likeness (QED) is 0.848. The maximum Gasteiger partial charge on any atom is 0.151 e. The number of nitrogens with one attached hydrogen (secondary N) is 1. The zero-order chi connectivity index (χ0) is 14.0. The third kappa shape index (κ3) is 3.73. The third-order valence-electron chi connectivity index (χ3n) is 3.17. The Hall–Kier alpha value is -0.530. The molecule has 0 bridgehead atoms. The second kappa shape index (κ2) is 5.85. The molecule has 1 atom stereocenters. The highest BCUT2D eigenvalue weighted by molar-refractivity contribution is 9.10. The monoisotopic (exact) mass is 353 g/mol. The van der Waals surface area contributed by atoms with Gasteiger partial charge in [0.15, 0.2) is 9.84 Å². The van der Waals surface area contributed by atoms with Crippen LogP contribution in [0.5, 0.6) is 0 Å². The Morgan fingerprint density at radius 2 is 2.11 bits per heavy atom. The minimum atomic E-state index is -3.02. The van der Waals surface area contributed by atoms with Crippen LogP contribution in [0.3, 0.4) is 0 Å². The highest BCUT2D eigenvalue weighted by Crippen LogP contribution is 2.22. The molecule has 1 aliphatic heterocycles. The molecule has 1 N–H and O–H groups in total. The predicted molar refractivity (Wildman–Crippen MR) is 72.6 cm³/mol. The molecule has 106 valence electrons. The van der Waals surface area contributed by atoms with Crippen LogP contribution in [-0.4, -0.2) is 26.0 Å². The van der Waals surface area contributed by atoms with Crippen LogP contribution in [0.25, 0.3) is 0 Å². The van der Waals surface area contributed by atoms with E-state index >= 15 is 0 Å². The molecule has 1 heterocycles. The average Bonchev–Trinajstić information content (AvgIpc) is 2.33. The summed E-state index contributed by atoms with van der Waals surface area (Å²) in [6, 6.07) is 2.25. The van der Waals surface area contributed by atoms with Gasteiger partial charge in [0, 0.05) is 18.2 Å². The van der Waals surface area contributed by atoms with Crippen molar-refractivity contribution in [1.82, 2.24) is 5.32 Å². The van der Waals surface area contributed by atoms with E-state index in [1.165, 1.54) is 12.1 Å². The molecule has 0 saturated carbocycles. The topological polar surface area (TPSA) is 46.2 Å². The molecule has 19 heavy (non-hydrogen) atoms. The molecule has 1 saturated heterocycles. The van der Waals surface area contributed by atoms with Crippen LogP contribution in [0.4, 0.5) is 8.78 Å². The van der Waals surface area contributed by atoms with Crippen molar-refractivity contribution in [2.24, 2.45) is 0 Å². The second-order valence-electron chi connectivity index (χ2n) is 4.66. The lowest BCUT2D eigenvalue weighted by molar-refractivity contribution is 0.461. The van der Waals surface area contributed by atoms with Crippen molar-refractivity contribution in [3.8, 4) is 0 Å². The summed E-state index contributed by atoms with van der Waals surface area (Å²) in [6.45, 7) is -0.0166. The zero-order valence-corrected chi connectivity index (χ0v) is 12.5. The van der Waals surface area contributed by atoms with E-state index in [1.807, 2.05) is 0 Å². The summed E-state index contributed by atoms with van der Waals surface area (Å²) in [7, 11) is -3.02. The number of hydrogen-bond donors (Lipinski definition) is 1. The fraction of sp³-hybridized carbons (Fsp3) is 0.500. The Balaban J connectivity index is 2.05. The Labute approximate surface area is 119 Å². The molecule has 0 aromatic heterocycles. The Kier molecular flexibility index (Phi) is 4.58. The van der Waals surface area contributed by atoms with Gasteiger partial charge in [-0.1, -0.05) is 0 Å². The minimum Gasteiger partial charge on any atom is -0.309 e. The number of hydrogen-bond acceptors (Lipinski definition) is 3. The van der Waals surface area contributed by atoms with Crippen molar-refractivity contribution in [1.29, 1.82) is 0 Å². The molecule has 1 aromatic carbocycles. The van der Waals surface area contributed by atoms with Crippen LogP contribution >= 0.6 is 15.9 Å². The van der Waals surface area contributed by atoms with Crippen LogP contribution in [0.2, 0.25) is 0 Å². The normalized spacial score (nSPS) is 22.4. The summed E-state index contributed by atoms with van der Waals surface area (Å²) >= 11 is 3.00. The van der Waals surface area contributed by atoms with Gasteiger partial charge in [-0.15, -0.1) is 0 Å². The van der Waals surface area contributed by atoms with E-state index in [0.717, 1.165) is 0 Å². The molecule has 0 spiro atoms. The van der Waals surface area contributed by atoms with E-state index in [-0.39, 0.29) is 34.1 Å². The highest BCUT2D eigenvalue weighted by atomic mass is 79.9. The van der Waals surface area contributed by atoms with Crippen molar-refractivity contribution in [3.63, 3.8) is 0 Å². The van der Waals surface area contributed by atoms with Gasteiger partial charge in [-0.2, -0.15) is 0 Å². The largest absolute Gasteiger partial charge is 0.309 e. The first kappa shape index (κ1) is 14.9.